The van der Waals surface area contributed by atoms with E-state index in [9.17, 15) is 14.9 Å². The van der Waals surface area contributed by atoms with Crippen LogP contribution in [0.15, 0.2) is 72.8 Å². The Labute approximate surface area is 157 Å². The number of nitriles is 1. The Balaban J connectivity index is 1.50. The molecule has 1 aliphatic heterocycles. The van der Waals surface area contributed by atoms with E-state index in [0.717, 1.165) is 16.7 Å². The number of benzene rings is 3. The molecule has 4 rings (SSSR count). The lowest BCUT2D eigenvalue weighted by molar-refractivity contribution is 0.0642. The van der Waals surface area contributed by atoms with E-state index < -0.39 is 0 Å². The molecule has 0 bridgehead atoms. The maximum absolute atomic E-state index is 12.5. The summed E-state index contributed by atoms with van der Waals surface area (Å²) in [4.78, 5) is 26.2. The molecule has 130 valence electrons. The minimum absolute atomic E-state index is 0.248. The topological polar surface area (TPSA) is 61.2 Å². The highest BCUT2D eigenvalue weighted by Gasteiger charge is 2.34. The molecule has 0 fully saturated rings. The van der Waals surface area contributed by atoms with Crippen molar-refractivity contribution in [1.82, 2.24) is 4.90 Å². The molecule has 0 saturated carbocycles. The summed E-state index contributed by atoms with van der Waals surface area (Å²) in [5.74, 6) is -0.495. The Morgan fingerprint density at radius 2 is 1.30 bits per heavy atom. The summed E-state index contributed by atoms with van der Waals surface area (Å²) in [5.41, 5.74) is 4.55. The lowest BCUT2D eigenvalue weighted by atomic mass is 9.99. The fourth-order valence-electron chi connectivity index (χ4n) is 3.33. The van der Waals surface area contributed by atoms with E-state index in [1.807, 2.05) is 48.5 Å². The van der Waals surface area contributed by atoms with Crippen molar-refractivity contribution in [3.05, 3.63) is 106 Å². The first-order valence-electron chi connectivity index (χ1n) is 8.68. The van der Waals surface area contributed by atoms with Crippen molar-refractivity contribution in [2.45, 2.75) is 13.0 Å². The first-order valence-corrected chi connectivity index (χ1v) is 8.68. The van der Waals surface area contributed by atoms with Crippen LogP contribution in [0.25, 0.3) is 0 Å². The molecule has 4 heteroatoms. The van der Waals surface area contributed by atoms with Crippen LogP contribution in [0.5, 0.6) is 0 Å². The molecule has 27 heavy (non-hydrogen) atoms. The SMILES string of the molecule is N#Cc1ccccc1Cc1ccc(CN2C(=O)c3ccccc3C2=O)cc1. The van der Waals surface area contributed by atoms with E-state index in [-0.39, 0.29) is 18.4 Å². The molecular weight excluding hydrogens is 336 g/mol. The van der Waals surface area contributed by atoms with Gasteiger partial charge in [-0.2, -0.15) is 5.26 Å². The lowest BCUT2D eigenvalue weighted by Crippen LogP contribution is -2.29. The fraction of sp³-hybridized carbons (Fsp3) is 0.0870. The molecule has 1 aliphatic rings. The summed E-state index contributed by atoms with van der Waals surface area (Å²) in [6.07, 6.45) is 0.664. The van der Waals surface area contributed by atoms with Crippen LogP contribution in [-0.2, 0) is 13.0 Å². The van der Waals surface area contributed by atoms with Gasteiger partial charge in [0, 0.05) is 0 Å². The Morgan fingerprint density at radius 1 is 0.741 bits per heavy atom. The zero-order chi connectivity index (χ0) is 18.8. The van der Waals surface area contributed by atoms with Crippen LogP contribution >= 0.6 is 0 Å². The molecule has 0 atom stereocenters. The number of imide groups is 1. The molecule has 1 heterocycles. The molecule has 0 N–H and O–H groups in total. The first-order chi connectivity index (χ1) is 13.2. The maximum atomic E-state index is 12.5. The second kappa shape index (κ2) is 6.89. The third kappa shape index (κ3) is 3.11. The van der Waals surface area contributed by atoms with E-state index in [1.54, 1.807) is 24.3 Å². The van der Waals surface area contributed by atoms with E-state index in [4.69, 9.17) is 0 Å². The summed E-state index contributed by atoms with van der Waals surface area (Å²) >= 11 is 0. The summed E-state index contributed by atoms with van der Waals surface area (Å²) in [7, 11) is 0. The largest absolute Gasteiger partial charge is 0.270 e. The highest BCUT2D eigenvalue weighted by Crippen LogP contribution is 2.24. The maximum Gasteiger partial charge on any atom is 0.261 e. The van der Waals surface area contributed by atoms with Crippen molar-refractivity contribution in [2.24, 2.45) is 0 Å². The van der Waals surface area contributed by atoms with Crippen molar-refractivity contribution in [2.75, 3.05) is 0 Å². The molecule has 0 radical (unpaired) electrons. The first kappa shape index (κ1) is 16.7. The molecule has 0 unspecified atom stereocenters. The lowest BCUT2D eigenvalue weighted by Gasteiger charge is -2.14. The number of hydrogen-bond acceptors (Lipinski definition) is 3. The van der Waals surface area contributed by atoms with Gasteiger partial charge in [-0.25, -0.2) is 0 Å². The number of rotatable bonds is 4. The number of carbonyl (C=O) groups excluding carboxylic acids is 2. The number of carbonyl (C=O) groups is 2. The van der Waals surface area contributed by atoms with Crippen LogP contribution in [0, 0.1) is 11.3 Å². The van der Waals surface area contributed by atoms with Crippen molar-refractivity contribution < 1.29 is 9.59 Å². The van der Waals surface area contributed by atoms with Gasteiger partial charge in [0.1, 0.15) is 0 Å². The highest BCUT2D eigenvalue weighted by atomic mass is 16.2. The van der Waals surface area contributed by atoms with Gasteiger partial charge in [-0.15, -0.1) is 0 Å². The second-order valence-electron chi connectivity index (χ2n) is 6.50. The van der Waals surface area contributed by atoms with Gasteiger partial charge in [-0.05, 0) is 41.3 Å². The average Bonchev–Trinajstić information content (AvgIpc) is 2.95. The third-order valence-corrected chi connectivity index (χ3v) is 4.77. The molecule has 3 aromatic carbocycles. The monoisotopic (exact) mass is 352 g/mol. The molecule has 0 spiro atoms. The van der Waals surface area contributed by atoms with Crippen molar-refractivity contribution in [3.8, 4) is 6.07 Å². The number of nitrogens with zero attached hydrogens (tertiary/aromatic N) is 2. The van der Waals surface area contributed by atoms with Crippen LogP contribution in [0.2, 0.25) is 0 Å². The average molecular weight is 352 g/mol. The summed E-state index contributed by atoms with van der Waals surface area (Å²) in [6.45, 7) is 0.251. The van der Waals surface area contributed by atoms with Gasteiger partial charge in [-0.3, -0.25) is 14.5 Å². The molecule has 3 aromatic rings. The molecular formula is C23H16N2O2. The second-order valence-corrected chi connectivity index (χ2v) is 6.50. The van der Waals surface area contributed by atoms with E-state index in [0.29, 0.717) is 23.1 Å². The van der Waals surface area contributed by atoms with Gasteiger partial charge >= 0.3 is 0 Å². The van der Waals surface area contributed by atoms with Gasteiger partial charge in [0.25, 0.3) is 11.8 Å². The van der Waals surface area contributed by atoms with Crippen LogP contribution < -0.4 is 0 Å². The smallest absolute Gasteiger partial charge is 0.261 e. The Bertz CT molecular complexity index is 1040. The summed E-state index contributed by atoms with van der Waals surface area (Å²) in [5, 5.41) is 9.20. The molecule has 0 aromatic heterocycles. The van der Waals surface area contributed by atoms with Gasteiger partial charge in [0.2, 0.25) is 0 Å². The molecule has 0 aliphatic carbocycles. The highest BCUT2D eigenvalue weighted by molar-refractivity contribution is 6.21. The molecule has 0 saturated heterocycles. The van der Waals surface area contributed by atoms with Crippen molar-refractivity contribution in [3.63, 3.8) is 0 Å². The summed E-state index contributed by atoms with van der Waals surface area (Å²) < 4.78 is 0. The van der Waals surface area contributed by atoms with E-state index in [2.05, 4.69) is 6.07 Å². The van der Waals surface area contributed by atoms with E-state index in [1.165, 1.54) is 4.90 Å². The zero-order valence-electron chi connectivity index (χ0n) is 14.6. The fourth-order valence-corrected chi connectivity index (χ4v) is 3.33. The quantitative estimate of drug-likeness (QED) is 0.668. The van der Waals surface area contributed by atoms with Gasteiger partial charge in [0.15, 0.2) is 0 Å². The normalized spacial score (nSPS) is 12.8. The predicted octanol–water partition coefficient (Wildman–Crippen LogP) is 3.95. The van der Waals surface area contributed by atoms with Crippen molar-refractivity contribution >= 4 is 11.8 Å². The molecule has 4 nitrogen and oxygen atoms in total. The third-order valence-electron chi connectivity index (χ3n) is 4.77. The predicted molar refractivity (Wildman–Crippen MR) is 101 cm³/mol. The minimum Gasteiger partial charge on any atom is -0.270 e. The Hall–Kier alpha value is -3.71. The van der Waals surface area contributed by atoms with Crippen LogP contribution in [0.3, 0.4) is 0 Å². The van der Waals surface area contributed by atoms with Crippen LogP contribution in [0.4, 0.5) is 0 Å². The summed E-state index contributed by atoms with van der Waals surface area (Å²) in [6, 6.07) is 24.5. The minimum atomic E-state index is -0.248. The standard InChI is InChI=1S/C23H16N2O2/c24-14-19-6-2-1-5-18(19)13-16-9-11-17(12-10-16)15-25-22(26)20-7-3-4-8-21(20)23(25)27/h1-12H,13,15H2. The Kier molecular flexibility index (Phi) is 4.27. The number of fused-ring (bicyclic) bond motifs is 1. The number of amides is 2. The van der Waals surface area contributed by atoms with E-state index >= 15 is 0 Å². The van der Waals surface area contributed by atoms with Gasteiger partial charge < -0.3 is 0 Å². The zero-order valence-corrected chi connectivity index (χ0v) is 14.6. The van der Waals surface area contributed by atoms with Crippen molar-refractivity contribution in [1.29, 1.82) is 5.26 Å². The van der Waals surface area contributed by atoms with Crippen LogP contribution in [-0.4, -0.2) is 16.7 Å². The Morgan fingerprint density at radius 3 is 1.93 bits per heavy atom. The number of hydrogen-bond donors (Lipinski definition) is 0. The van der Waals surface area contributed by atoms with Gasteiger partial charge in [0.05, 0.1) is 29.3 Å². The van der Waals surface area contributed by atoms with Crippen LogP contribution in [0.1, 0.15) is 43.0 Å². The molecule has 2 amide bonds. The van der Waals surface area contributed by atoms with Gasteiger partial charge in [-0.1, -0.05) is 54.6 Å².